The molecule has 0 saturated heterocycles. The van der Waals surface area contributed by atoms with Gasteiger partial charge >= 0.3 is 0 Å². The van der Waals surface area contributed by atoms with Crippen molar-refractivity contribution >= 4 is 0 Å². The molecular weight excluding hydrogens is 226 g/mol. The summed E-state index contributed by atoms with van der Waals surface area (Å²) in [5.41, 5.74) is 3.19. The molecule has 2 atom stereocenters. The number of hydrogen-bond acceptors (Lipinski definition) is 3. The normalized spacial score (nSPS) is 20.8. The van der Waals surface area contributed by atoms with Crippen LogP contribution in [0, 0.1) is 0 Å². The smallest absolute Gasteiger partial charge is 0.255 e. The first kappa shape index (κ1) is 12.3. The van der Waals surface area contributed by atoms with Crippen LogP contribution >= 0.6 is 0 Å². The maximum Gasteiger partial charge on any atom is 0.255 e. The molecule has 0 aliphatic carbocycles. The Morgan fingerprint density at radius 3 is 2.88 bits per heavy atom. The van der Waals surface area contributed by atoms with Gasteiger partial charge in [0.25, 0.3) is 6.43 Å². The van der Waals surface area contributed by atoms with E-state index in [1.54, 1.807) is 0 Å². The van der Waals surface area contributed by atoms with Gasteiger partial charge in [-0.15, -0.1) is 0 Å². The Morgan fingerprint density at radius 1 is 1.41 bits per heavy atom. The molecule has 3 N–H and O–H groups in total. The first-order valence-corrected chi connectivity index (χ1v) is 5.68. The number of para-hydroxylation sites is 1. The minimum absolute atomic E-state index is 0.0787. The van der Waals surface area contributed by atoms with Crippen LogP contribution in [0.3, 0.4) is 0 Å². The lowest BCUT2D eigenvalue weighted by Crippen LogP contribution is -2.42. The first-order chi connectivity index (χ1) is 8.22. The van der Waals surface area contributed by atoms with Crippen molar-refractivity contribution in [2.24, 2.45) is 5.84 Å². The van der Waals surface area contributed by atoms with Crippen LogP contribution in [-0.4, -0.2) is 19.1 Å². The molecule has 1 aliphatic heterocycles. The Labute approximate surface area is 98.9 Å². The van der Waals surface area contributed by atoms with Crippen LogP contribution in [0.15, 0.2) is 24.3 Å². The molecule has 2 rings (SSSR count). The van der Waals surface area contributed by atoms with E-state index in [0.29, 0.717) is 13.0 Å². The molecule has 1 aromatic carbocycles. The number of ether oxygens (including phenoxy) is 1. The van der Waals surface area contributed by atoms with Crippen LogP contribution in [0.5, 0.6) is 5.75 Å². The van der Waals surface area contributed by atoms with E-state index in [-0.39, 0.29) is 5.92 Å². The fraction of sp³-hybridized carbons (Fsp3) is 0.500. The van der Waals surface area contributed by atoms with Crippen molar-refractivity contribution in [3.05, 3.63) is 29.8 Å². The SMILES string of the molecule is NNC(CC1CCOc2ccccc21)C(F)F. The molecule has 17 heavy (non-hydrogen) atoms. The number of fused-ring (bicyclic) bond motifs is 1. The number of rotatable bonds is 4. The number of alkyl halides is 2. The standard InChI is InChI=1S/C12H16F2N2O/c13-12(14)10(16-15)7-8-5-6-17-11-4-2-1-3-9(8)11/h1-4,8,10,12,16H,5-7,15H2. The number of hydrogen-bond donors (Lipinski definition) is 2. The van der Waals surface area contributed by atoms with E-state index in [1.165, 1.54) is 0 Å². The van der Waals surface area contributed by atoms with Gasteiger partial charge in [0.15, 0.2) is 0 Å². The molecule has 5 heteroatoms. The van der Waals surface area contributed by atoms with Crippen molar-refractivity contribution < 1.29 is 13.5 Å². The van der Waals surface area contributed by atoms with Crippen molar-refractivity contribution in [3.8, 4) is 5.75 Å². The average molecular weight is 242 g/mol. The number of nitrogens with two attached hydrogens (primary N) is 1. The summed E-state index contributed by atoms with van der Waals surface area (Å²) in [5.74, 6) is 6.03. The molecule has 0 radical (unpaired) electrons. The van der Waals surface area contributed by atoms with Gasteiger partial charge in [0.05, 0.1) is 12.6 Å². The molecule has 1 aliphatic rings. The van der Waals surface area contributed by atoms with Crippen LogP contribution in [0.4, 0.5) is 8.78 Å². The van der Waals surface area contributed by atoms with Gasteiger partial charge in [-0.05, 0) is 30.4 Å². The second kappa shape index (κ2) is 5.42. The molecule has 94 valence electrons. The quantitative estimate of drug-likeness (QED) is 0.627. The van der Waals surface area contributed by atoms with Crippen molar-refractivity contribution in [2.45, 2.75) is 31.2 Å². The monoisotopic (exact) mass is 242 g/mol. The van der Waals surface area contributed by atoms with Gasteiger partial charge in [-0.1, -0.05) is 18.2 Å². The first-order valence-electron chi connectivity index (χ1n) is 5.68. The third kappa shape index (κ3) is 2.73. The summed E-state index contributed by atoms with van der Waals surface area (Å²) in [5, 5.41) is 0. The van der Waals surface area contributed by atoms with E-state index in [9.17, 15) is 8.78 Å². The summed E-state index contributed by atoms with van der Waals surface area (Å²) in [6, 6.07) is 6.61. The lowest BCUT2D eigenvalue weighted by atomic mass is 9.88. The van der Waals surface area contributed by atoms with Crippen LogP contribution in [0.1, 0.15) is 24.3 Å². The Hall–Kier alpha value is -1.20. The summed E-state index contributed by atoms with van der Waals surface area (Å²) in [6.07, 6.45) is -1.37. The summed E-state index contributed by atoms with van der Waals surface area (Å²) in [4.78, 5) is 0. The highest BCUT2D eigenvalue weighted by Gasteiger charge is 2.27. The topological polar surface area (TPSA) is 47.3 Å². The molecule has 3 nitrogen and oxygen atoms in total. The van der Waals surface area contributed by atoms with Crippen molar-refractivity contribution in [2.75, 3.05) is 6.61 Å². The zero-order valence-corrected chi connectivity index (χ0v) is 9.40. The van der Waals surface area contributed by atoms with Crippen LogP contribution in [-0.2, 0) is 0 Å². The minimum atomic E-state index is -2.45. The van der Waals surface area contributed by atoms with E-state index in [0.717, 1.165) is 17.7 Å². The van der Waals surface area contributed by atoms with E-state index in [4.69, 9.17) is 10.6 Å². The minimum Gasteiger partial charge on any atom is -0.493 e. The highest BCUT2D eigenvalue weighted by Crippen LogP contribution is 2.36. The number of halogens is 2. The lowest BCUT2D eigenvalue weighted by molar-refractivity contribution is 0.0875. The zero-order valence-electron chi connectivity index (χ0n) is 9.40. The predicted octanol–water partition coefficient (Wildman–Crippen LogP) is 2.04. The summed E-state index contributed by atoms with van der Waals surface area (Å²) in [6.45, 7) is 0.572. The molecular formula is C12H16F2N2O. The summed E-state index contributed by atoms with van der Waals surface area (Å²) in [7, 11) is 0. The molecule has 1 heterocycles. The van der Waals surface area contributed by atoms with E-state index < -0.39 is 12.5 Å². The average Bonchev–Trinajstić information content (AvgIpc) is 2.35. The van der Waals surface area contributed by atoms with Crippen molar-refractivity contribution in [3.63, 3.8) is 0 Å². The molecule has 0 bridgehead atoms. The van der Waals surface area contributed by atoms with E-state index >= 15 is 0 Å². The van der Waals surface area contributed by atoms with Crippen molar-refractivity contribution in [1.29, 1.82) is 0 Å². The summed E-state index contributed by atoms with van der Waals surface area (Å²) < 4.78 is 30.8. The van der Waals surface area contributed by atoms with Gasteiger partial charge in [-0.25, -0.2) is 8.78 Å². The molecule has 0 aromatic heterocycles. The maximum atomic E-state index is 12.7. The lowest BCUT2D eigenvalue weighted by Gasteiger charge is -2.28. The number of nitrogens with one attached hydrogen (secondary N) is 1. The Kier molecular flexibility index (Phi) is 3.91. The van der Waals surface area contributed by atoms with Crippen LogP contribution < -0.4 is 16.0 Å². The van der Waals surface area contributed by atoms with E-state index in [1.807, 2.05) is 24.3 Å². The van der Waals surface area contributed by atoms with Crippen LogP contribution in [0.2, 0.25) is 0 Å². The molecule has 1 aromatic rings. The number of hydrazine groups is 1. The zero-order chi connectivity index (χ0) is 12.3. The molecule has 2 unspecified atom stereocenters. The molecule has 0 fully saturated rings. The fourth-order valence-electron chi connectivity index (χ4n) is 2.21. The van der Waals surface area contributed by atoms with Gasteiger partial charge in [0.1, 0.15) is 5.75 Å². The van der Waals surface area contributed by atoms with Gasteiger partial charge in [0.2, 0.25) is 0 Å². The van der Waals surface area contributed by atoms with Gasteiger partial charge in [-0.2, -0.15) is 0 Å². The predicted molar refractivity (Wildman–Crippen MR) is 61.0 cm³/mol. The van der Waals surface area contributed by atoms with Gasteiger partial charge in [-0.3, -0.25) is 11.3 Å². The molecule has 0 amide bonds. The third-order valence-electron chi connectivity index (χ3n) is 3.14. The molecule has 0 spiro atoms. The highest BCUT2D eigenvalue weighted by molar-refractivity contribution is 5.37. The Morgan fingerprint density at radius 2 is 2.18 bits per heavy atom. The van der Waals surface area contributed by atoms with E-state index in [2.05, 4.69) is 5.43 Å². The molecule has 0 saturated carbocycles. The fourth-order valence-corrected chi connectivity index (χ4v) is 2.21. The summed E-state index contributed by atoms with van der Waals surface area (Å²) >= 11 is 0. The number of benzene rings is 1. The van der Waals surface area contributed by atoms with Gasteiger partial charge < -0.3 is 4.74 Å². The second-order valence-electron chi connectivity index (χ2n) is 4.22. The largest absolute Gasteiger partial charge is 0.493 e. The van der Waals surface area contributed by atoms with Crippen molar-refractivity contribution in [1.82, 2.24) is 5.43 Å². The van der Waals surface area contributed by atoms with Crippen LogP contribution in [0.25, 0.3) is 0 Å². The third-order valence-corrected chi connectivity index (χ3v) is 3.14. The Balaban J connectivity index is 2.13. The Bertz CT molecular complexity index is 373. The van der Waals surface area contributed by atoms with Gasteiger partial charge in [0, 0.05) is 0 Å². The second-order valence-corrected chi connectivity index (χ2v) is 4.22. The maximum absolute atomic E-state index is 12.7. The highest BCUT2D eigenvalue weighted by atomic mass is 19.3.